The molecule has 0 amide bonds. The summed E-state index contributed by atoms with van der Waals surface area (Å²) in [5.41, 5.74) is 3.79. The molecule has 0 saturated carbocycles. The van der Waals surface area contributed by atoms with E-state index in [-0.39, 0.29) is 0 Å². The Morgan fingerprint density at radius 3 is 2.43 bits per heavy atom. The molecular weight excluding hydrogens is 306 g/mol. The molecule has 0 aliphatic heterocycles. The zero-order valence-electron chi connectivity index (χ0n) is 13.0. The van der Waals surface area contributed by atoms with Gasteiger partial charge >= 0.3 is 0 Å². The Balaban J connectivity index is 1.43. The van der Waals surface area contributed by atoms with Gasteiger partial charge in [0.2, 0.25) is 5.16 Å². The highest BCUT2D eigenvalue weighted by atomic mass is 32.2. The molecule has 118 valence electrons. The van der Waals surface area contributed by atoms with Crippen molar-refractivity contribution in [3.8, 4) is 11.1 Å². The smallest absolute Gasteiger partial charge is 0.209 e. The second kappa shape index (κ2) is 7.89. The average molecular weight is 325 g/mol. The van der Waals surface area contributed by atoms with Gasteiger partial charge in [0.1, 0.15) is 0 Å². The minimum atomic E-state index is 0.846. The Kier molecular flexibility index (Phi) is 5.39. The van der Waals surface area contributed by atoms with Crippen molar-refractivity contribution in [3.63, 3.8) is 0 Å². The van der Waals surface area contributed by atoms with E-state index in [1.54, 1.807) is 16.4 Å². The third kappa shape index (κ3) is 4.40. The number of tetrazole rings is 1. The first-order valence-electron chi connectivity index (χ1n) is 7.53. The quantitative estimate of drug-likeness (QED) is 0.535. The van der Waals surface area contributed by atoms with E-state index in [0.29, 0.717) is 0 Å². The lowest BCUT2D eigenvalue weighted by atomic mass is 10.0. The summed E-state index contributed by atoms with van der Waals surface area (Å²) in [4.78, 5) is 0. The van der Waals surface area contributed by atoms with Gasteiger partial charge in [0.15, 0.2) is 0 Å². The Morgan fingerprint density at radius 2 is 1.74 bits per heavy atom. The molecule has 0 spiro atoms. The van der Waals surface area contributed by atoms with Crippen LogP contribution in [-0.2, 0) is 13.6 Å². The summed E-state index contributed by atoms with van der Waals surface area (Å²) in [7, 11) is 1.85. The van der Waals surface area contributed by atoms with Gasteiger partial charge in [0.05, 0.1) is 0 Å². The lowest BCUT2D eigenvalue weighted by molar-refractivity contribution is 0.663. The van der Waals surface area contributed by atoms with Crippen LogP contribution in [0.4, 0.5) is 0 Å². The fourth-order valence-corrected chi connectivity index (χ4v) is 2.98. The Labute approximate surface area is 140 Å². The predicted octanol–water partition coefficient (Wildman–Crippen LogP) is 2.76. The average Bonchev–Trinajstić information content (AvgIpc) is 3.01. The third-order valence-corrected chi connectivity index (χ3v) is 4.49. The maximum Gasteiger partial charge on any atom is 0.209 e. The molecular formula is C17H19N5S. The number of nitrogens with one attached hydrogen (secondary N) is 1. The number of rotatable bonds is 7. The topological polar surface area (TPSA) is 55.6 Å². The lowest BCUT2D eigenvalue weighted by Gasteiger charge is -2.06. The van der Waals surface area contributed by atoms with E-state index in [4.69, 9.17) is 0 Å². The Morgan fingerprint density at radius 1 is 1.00 bits per heavy atom. The maximum atomic E-state index is 3.95. The molecule has 0 aliphatic carbocycles. The van der Waals surface area contributed by atoms with E-state index in [9.17, 15) is 0 Å². The molecule has 3 rings (SSSR count). The highest BCUT2D eigenvalue weighted by Crippen LogP contribution is 2.19. The number of aromatic nitrogens is 4. The maximum absolute atomic E-state index is 3.95. The van der Waals surface area contributed by atoms with Crippen LogP contribution < -0.4 is 5.32 Å². The summed E-state index contributed by atoms with van der Waals surface area (Å²) in [6.07, 6.45) is 0. The van der Waals surface area contributed by atoms with Crippen molar-refractivity contribution in [2.45, 2.75) is 11.7 Å². The molecule has 1 aromatic heterocycles. The molecule has 0 aliphatic rings. The number of aryl methyl sites for hydroxylation is 1. The molecule has 5 nitrogen and oxygen atoms in total. The van der Waals surface area contributed by atoms with Gasteiger partial charge in [-0.25, -0.2) is 4.68 Å². The number of nitrogens with zero attached hydrogens (tertiary/aromatic N) is 4. The summed E-state index contributed by atoms with van der Waals surface area (Å²) >= 11 is 1.65. The number of hydrogen-bond acceptors (Lipinski definition) is 5. The molecule has 6 heteroatoms. The zero-order valence-corrected chi connectivity index (χ0v) is 13.8. The zero-order chi connectivity index (χ0) is 15.9. The molecule has 2 aromatic carbocycles. The molecule has 0 atom stereocenters. The van der Waals surface area contributed by atoms with Crippen molar-refractivity contribution in [1.82, 2.24) is 25.5 Å². The molecule has 0 saturated heterocycles. The van der Waals surface area contributed by atoms with Gasteiger partial charge in [0.25, 0.3) is 0 Å². The summed E-state index contributed by atoms with van der Waals surface area (Å²) < 4.78 is 1.69. The van der Waals surface area contributed by atoms with Crippen molar-refractivity contribution in [3.05, 3.63) is 60.2 Å². The minimum absolute atomic E-state index is 0.846. The van der Waals surface area contributed by atoms with Crippen LogP contribution in [0.15, 0.2) is 59.8 Å². The summed E-state index contributed by atoms with van der Waals surface area (Å²) in [5, 5.41) is 15.7. The van der Waals surface area contributed by atoms with Crippen molar-refractivity contribution < 1.29 is 0 Å². The first kappa shape index (κ1) is 15.7. The number of hydrogen-bond donors (Lipinski definition) is 1. The summed E-state index contributed by atoms with van der Waals surface area (Å²) in [6, 6.07) is 19.1. The summed E-state index contributed by atoms with van der Waals surface area (Å²) in [6.45, 7) is 1.78. The van der Waals surface area contributed by atoms with E-state index in [1.165, 1.54) is 16.7 Å². The largest absolute Gasteiger partial charge is 0.312 e. The van der Waals surface area contributed by atoms with Gasteiger partial charge in [-0.3, -0.25) is 0 Å². The van der Waals surface area contributed by atoms with E-state index >= 15 is 0 Å². The van der Waals surface area contributed by atoms with Crippen LogP contribution in [0.1, 0.15) is 5.56 Å². The van der Waals surface area contributed by atoms with Crippen molar-refractivity contribution in [1.29, 1.82) is 0 Å². The molecule has 3 aromatic rings. The minimum Gasteiger partial charge on any atom is -0.312 e. The van der Waals surface area contributed by atoms with Crippen LogP contribution in [0.2, 0.25) is 0 Å². The molecule has 0 unspecified atom stereocenters. The molecule has 1 N–H and O–H groups in total. The van der Waals surface area contributed by atoms with Crippen LogP contribution in [0.3, 0.4) is 0 Å². The van der Waals surface area contributed by atoms with Gasteiger partial charge < -0.3 is 5.32 Å². The van der Waals surface area contributed by atoms with E-state index in [1.807, 2.05) is 13.1 Å². The van der Waals surface area contributed by atoms with Crippen LogP contribution in [0.5, 0.6) is 0 Å². The Hall–Kier alpha value is -2.18. The van der Waals surface area contributed by atoms with E-state index in [0.717, 1.165) is 24.0 Å². The standard InChI is InChI=1S/C17H19N5S/c1-22-17(19-20-21-22)23-12-11-18-13-14-7-9-16(10-8-14)15-5-3-2-4-6-15/h2-10,18H,11-13H2,1H3. The molecule has 0 radical (unpaired) electrons. The monoisotopic (exact) mass is 325 g/mol. The SMILES string of the molecule is Cn1nnnc1SCCNCc1ccc(-c2ccccc2)cc1. The van der Waals surface area contributed by atoms with Crippen LogP contribution in [0, 0.1) is 0 Å². The molecule has 0 bridgehead atoms. The van der Waals surface area contributed by atoms with Gasteiger partial charge in [-0.15, -0.1) is 5.10 Å². The second-order valence-electron chi connectivity index (χ2n) is 5.17. The van der Waals surface area contributed by atoms with Gasteiger partial charge in [-0.1, -0.05) is 66.4 Å². The fourth-order valence-electron chi connectivity index (χ4n) is 2.24. The van der Waals surface area contributed by atoms with E-state index in [2.05, 4.69) is 69.4 Å². The first-order chi connectivity index (χ1) is 11.3. The molecule has 23 heavy (non-hydrogen) atoms. The number of benzene rings is 2. The molecule has 0 fully saturated rings. The van der Waals surface area contributed by atoms with Gasteiger partial charge in [-0.2, -0.15) is 0 Å². The van der Waals surface area contributed by atoms with Crippen molar-refractivity contribution >= 4 is 11.8 Å². The molecule has 1 heterocycles. The fraction of sp³-hybridized carbons (Fsp3) is 0.235. The second-order valence-corrected chi connectivity index (χ2v) is 6.24. The van der Waals surface area contributed by atoms with Crippen molar-refractivity contribution in [2.24, 2.45) is 7.05 Å². The van der Waals surface area contributed by atoms with Gasteiger partial charge in [-0.05, 0) is 27.1 Å². The number of thioether (sulfide) groups is 1. The third-order valence-electron chi connectivity index (χ3n) is 3.48. The highest BCUT2D eigenvalue weighted by molar-refractivity contribution is 7.99. The summed E-state index contributed by atoms with van der Waals surface area (Å²) in [5.74, 6) is 0.941. The van der Waals surface area contributed by atoms with Crippen molar-refractivity contribution in [2.75, 3.05) is 12.3 Å². The van der Waals surface area contributed by atoms with Crippen LogP contribution in [-0.4, -0.2) is 32.5 Å². The van der Waals surface area contributed by atoms with Gasteiger partial charge in [0, 0.05) is 25.9 Å². The highest BCUT2D eigenvalue weighted by Gasteiger charge is 2.02. The first-order valence-corrected chi connectivity index (χ1v) is 8.52. The van der Waals surface area contributed by atoms with Crippen LogP contribution >= 0.6 is 11.8 Å². The van der Waals surface area contributed by atoms with E-state index < -0.39 is 0 Å². The predicted molar refractivity (Wildman–Crippen MR) is 93.1 cm³/mol. The Bertz CT molecular complexity index is 724. The normalized spacial score (nSPS) is 10.8. The lowest BCUT2D eigenvalue weighted by Crippen LogP contribution is -2.16. The van der Waals surface area contributed by atoms with Crippen LogP contribution in [0.25, 0.3) is 11.1 Å².